The summed E-state index contributed by atoms with van der Waals surface area (Å²) >= 11 is 4.66. The summed E-state index contributed by atoms with van der Waals surface area (Å²) in [4.78, 5) is 4.23. The molecule has 1 atom stereocenters. The van der Waals surface area contributed by atoms with Crippen molar-refractivity contribution < 1.29 is 14.2 Å². The predicted octanol–water partition coefficient (Wildman–Crippen LogP) is 3.18. The number of benzene rings is 1. The minimum atomic E-state index is -0.408. The average Bonchev–Trinajstić information content (AvgIpc) is 3.15. The van der Waals surface area contributed by atoms with Gasteiger partial charge >= 0.3 is 0 Å². The summed E-state index contributed by atoms with van der Waals surface area (Å²) in [6.45, 7) is 6.58. The zero-order chi connectivity index (χ0) is 20.5. The van der Waals surface area contributed by atoms with Crippen LogP contribution in [0.5, 0.6) is 0 Å². The highest BCUT2D eigenvalue weighted by atomic mass is 79.9. The number of hydrogen-bond donors (Lipinski definition) is 4. The van der Waals surface area contributed by atoms with E-state index < -0.39 is 5.82 Å². The van der Waals surface area contributed by atoms with Gasteiger partial charge in [0.15, 0.2) is 11.5 Å². The van der Waals surface area contributed by atoms with Gasteiger partial charge in [-0.1, -0.05) is 13.8 Å². The van der Waals surface area contributed by atoms with Crippen LogP contribution in [0.15, 0.2) is 32.3 Å². The lowest BCUT2D eigenvalue weighted by Crippen LogP contribution is -2.29. The number of nitrogens with zero attached hydrogens (tertiary/aromatic N) is 4. The molecule has 2 aromatic rings. The van der Waals surface area contributed by atoms with Crippen molar-refractivity contribution in [2.45, 2.75) is 13.8 Å². The first kappa shape index (κ1) is 22.6. The standard InChI is InChI=1S/C16H23BrFN7O2S/c1-4-25(28-19-3)9-10(2)8-20-15-14(23-27-24-15)16(22-26)21-11-5-6-13(18)12(17)7-11/h5-7,10,19,26H,4,8-9H2,1-3H3,(H,20,24)(H,21,22)/t10-/m0/s1. The van der Waals surface area contributed by atoms with E-state index in [-0.39, 0.29) is 16.0 Å². The summed E-state index contributed by atoms with van der Waals surface area (Å²) in [6, 6.07) is 4.22. The normalized spacial score (nSPS) is 13.0. The van der Waals surface area contributed by atoms with Gasteiger partial charge in [-0.05, 0) is 57.4 Å². The molecule has 0 saturated heterocycles. The summed E-state index contributed by atoms with van der Waals surface area (Å²) in [5.41, 5.74) is 2.62. The quantitative estimate of drug-likeness (QED) is 0.178. The number of amidine groups is 1. The average molecular weight is 476 g/mol. The van der Waals surface area contributed by atoms with Crippen molar-refractivity contribution in [1.82, 2.24) is 24.8 Å². The third-order valence-electron chi connectivity index (χ3n) is 3.67. The molecule has 0 aliphatic carbocycles. The summed E-state index contributed by atoms with van der Waals surface area (Å²) in [6.07, 6.45) is 0. The summed E-state index contributed by atoms with van der Waals surface area (Å²) in [5.74, 6) is 0.267. The molecule has 0 aliphatic heterocycles. The number of aromatic nitrogens is 2. The molecule has 0 fully saturated rings. The fraction of sp³-hybridized carbons (Fsp3) is 0.438. The van der Waals surface area contributed by atoms with Crippen molar-refractivity contribution in [3.8, 4) is 0 Å². The highest BCUT2D eigenvalue weighted by Crippen LogP contribution is 2.23. The Bertz CT molecular complexity index is 792. The molecule has 0 spiro atoms. The molecule has 1 aromatic heterocycles. The lowest BCUT2D eigenvalue weighted by Gasteiger charge is -2.22. The van der Waals surface area contributed by atoms with Gasteiger partial charge in [-0.25, -0.2) is 18.3 Å². The number of hydroxylamine groups is 1. The largest absolute Gasteiger partial charge is 0.365 e. The molecule has 1 heterocycles. The van der Waals surface area contributed by atoms with E-state index in [2.05, 4.69) is 59.4 Å². The first-order valence-electron chi connectivity index (χ1n) is 8.57. The van der Waals surface area contributed by atoms with Crippen LogP contribution in [0, 0.1) is 11.7 Å². The molecule has 28 heavy (non-hydrogen) atoms. The van der Waals surface area contributed by atoms with E-state index in [9.17, 15) is 9.60 Å². The number of nitrogens with one attached hydrogen (secondary N) is 3. The Morgan fingerprint density at radius 3 is 2.89 bits per heavy atom. The zero-order valence-corrected chi connectivity index (χ0v) is 18.1. The van der Waals surface area contributed by atoms with Gasteiger partial charge in [0.2, 0.25) is 5.82 Å². The Kier molecular flexibility index (Phi) is 9.12. The maximum Gasteiger partial charge on any atom is 0.202 e. The molecule has 0 bridgehead atoms. The number of aliphatic imine (C=N–C) groups is 1. The second kappa shape index (κ2) is 11.3. The van der Waals surface area contributed by atoms with Crippen LogP contribution in [0.4, 0.5) is 15.9 Å². The lowest BCUT2D eigenvalue weighted by atomic mass is 10.2. The molecule has 0 saturated carbocycles. The van der Waals surface area contributed by atoms with Gasteiger partial charge in [0.05, 0.1) is 10.2 Å². The monoisotopic (exact) mass is 475 g/mol. The van der Waals surface area contributed by atoms with Crippen LogP contribution < -0.4 is 15.5 Å². The van der Waals surface area contributed by atoms with Gasteiger partial charge in [-0.3, -0.25) is 15.4 Å². The molecule has 4 N–H and O–H groups in total. The van der Waals surface area contributed by atoms with E-state index in [0.717, 1.165) is 13.1 Å². The van der Waals surface area contributed by atoms with Crippen LogP contribution in [-0.2, 0) is 0 Å². The summed E-state index contributed by atoms with van der Waals surface area (Å²) in [7, 11) is 1.88. The van der Waals surface area contributed by atoms with Crippen molar-refractivity contribution in [2.75, 3.05) is 32.0 Å². The maximum absolute atomic E-state index is 13.4. The maximum atomic E-state index is 13.4. The first-order chi connectivity index (χ1) is 13.5. The molecule has 1 aromatic carbocycles. The fourth-order valence-electron chi connectivity index (χ4n) is 2.32. The Morgan fingerprint density at radius 1 is 1.46 bits per heavy atom. The van der Waals surface area contributed by atoms with Gasteiger partial charge in [-0.2, -0.15) is 0 Å². The van der Waals surface area contributed by atoms with Crippen LogP contribution in [0.25, 0.3) is 0 Å². The van der Waals surface area contributed by atoms with E-state index in [1.54, 1.807) is 12.1 Å². The van der Waals surface area contributed by atoms with Crippen LogP contribution in [-0.4, -0.2) is 52.3 Å². The number of hydrogen-bond acceptors (Lipinski definition) is 9. The van der Waals surface area contributed by atoms with E-state index in [1.807, 2.05) is 12.5 Å². The topological polar surface area (TPSA) is 111 Å². The summed E-state index contributed by atoms with van der Waals surface area (Å²) in [5, 5.41) is 20.3. The highest BCUT2D eigenvalue weighted by molar-refractivity contribution is 9.10. The Balaban J connectivity index is 2.08. The second-order valence-electron chi connectivity index (χ2n) is 5.89. The number of anilines is 1. The molecule has 9 nitrogen and oxygen atoms in total. The van der Waals surface area contributed by atoms with E-state index >= 15 is 0 Å². The smallest absolute Gasteiger partial charge is 0.202 e. The Hall–Kier alpha value is -1.73. The molecule has 0 radical (unpaired) electrons. The minimum Gasteiger partial charge on any atom is -0.365 e. The summed E-state index contributed by atoms with van der Waals surface area (Å²) < 4.78 is 23.7. The van der Waals surface area contributed by atoms with Crippen LogP contribution in [0.2, 0.25) is 0 Å². The van der Waals surface area contributed by atoms with Gasteiger partial charge in [0.25, 0.3) is 0 Å². The predicted molar refractivity (Wildman–Crippen MR) is 111 cm³/mol. The van der Waals surface area contributed by atoms with Crippen LogP contribution in [0.3, 0.4) is 0 Å². The highest BCUT2D eigenvalue weighted by Gasteiger charge is 2.18. The SMILES string of the molecule is CCN(C[C@@H](C)CNc1nonc1C(=Nc1ccc(F)c(Br)c1)NO)SNC. The molecular formula is C16H23BrFN7O2S. The van der Waals surface area contributed by atoms with Crippen molar-refractivity contribution in [1.29, 1.82) is 0 Å². The van der Waals surface area contributed by atoms with Gasteiger partial charge in [-0.15, -0.1) is 0 Å². The molecular weight excluding hydrogens is 453 g/mol. The van der Waals surface area contributed by atoms with Crippen LogP contribution in [0.1, 0.15) is 19.5 Å². The molecule has 0 aliphatic rings. The number of rotatable bonds is 10. The van der Waals surface area contributed by atoms with Gasteiger partial charge in [0, 0.05) is 31.8 Å². The lowest BCUT2D eigenvalue weighted by molar-refractivity contribution is 0.234. The first-order valence-corrected chi connectivity index (χ1v) is 10.1. The molecule has 12 heteroatoms. The van der Waals surface area contributed by atoms with Crippen molar-refractivity contribution in [3.05, 3.63) is 34.2 Å². The van der Waals surface area contributed by atoms with Gasteiger partial charge in [0.1, 0.15) is 5.82 Å². The number of halogens is 2. The van der Waals surface area contributed by atoms with Gasteiger partial charge < -0.3 is 5.32 Å². The van der Waals surface area contributed by atoms with Crippen molar-refractivity contribution >= 4 is 45.4 Å². The second-order valence-corrected chi connectivity index (χ2v) is 7.86. The molecule has 154 valence electrons. The third-order valence-corrected chi connectivity index (χ3v) is 5.12. The van der Waals surface area contributed by atoms with Crippen molar-refractivity contribution in [3.63, 3.8) is 0 Å². The van der Waals surface area contributed by atoms with E-state index in [0.29, 0.717) is 24.0 Å². The molecule has 2 rings (SSSR count). The molecule has 0 unspecified atom stereocenters. The fourth-order valence-corrected chi connectivity index (χ4v) is 3.40. The molecule has 0 amide bonds. The Morgan fingerprint density at radius 2 is 2.25 bits per heavy atom. The van der Waals surface area contributed by atoms with Crippen LogP contribution >= 0.6 is 28.1 Å². The van der Waals surface area contributed by atoms with E-state index in [4.69, 9.17) is 4.63 Å². The minimum absolute atomic E-state index is 0.0239. The van der Waals surface area contributed by atoms with Crippen molar-refractivity contribution in [2.24, 2.45) is 10.9 Å². The third kappa shape index (κ3) is 6.41. The zero-order valence-electron chi connectivity index (χ0n) is 15.7. The Labute approximate surface area is 175 Å². The van der Waals surface area contributed by atoms with E-state index in [1.165, 1.54) is 18.2 Å².